The lowest BCUT2D eigenvalue weighted by molar-refractivity contribution is -0.121. The SMILES string of the molecule is Cc1conc1CNC1C(=O)NCC1(C)C. The molecule has 2 rings (SSSR count). The third kappa shape index (κ3) is 1.95. The number of amides is 1. The highest BCUT2D eigenvalue weighted by molar-refractivity contribution is 5.85. The summed E-state index contributed by atoms with van der Waals surface area (Å²) < 4.78 is 4.85. The predicted octanol–water partition coefficient (Wildman–Crippen LogP) is 0.597. The van der Waals surface area contributed by atoms with Crippen LogP contribution in [0, 0.1) is 12.3 Å². The first-order valence-electron chi connectivity index (χ1n) is 5.41. The number of aryl methyl sites for hydroxylation is 1. The maximum atomic E-state index is 11.6. The first-order chi connectivity index (χ1) is 7.50. The van der Waals surface area contributed by atoms with Crippen LogP contribution >= 0.6 is 0 Å². The number of aromatic nitrogens is 1. The molecule has 0 radical (unpaired) electrons. The molecular weight excluding hydrogens is 206 g/mol. The van der Waals surface area contributed by atoms with E-state index in [-0.39, 0.29) is 17.4 Å². The van der Waals surface area contributed by atoms with Crippen LogP contribution in [0.15, 0.2) is 10.8 Å². The largest absolute Gasteiger partial charge is 0.364 e. The number of carbonyl (C=O) groups is 1. The van der Waals surface area contributed by atoms with Crippen molar-refractivity contribution >= 4 is 5.91 Å². The topological polar surface area (TPSA) is 67.2 Å². The van der Waals surface area contributed by atoms with Crippen LogP contribution in [-0.4, -0.2) is 23.7 Å². The molecule has 0 aliphatic carbocycles. The number of hydrogen-bond acceptors (Lipinski definition) is 4. The Labute approximate surface area is 94.6 Å². The Balaban J connectivity index is 2.00. The van der Waals surface area contributed by atoms with E-state index in [1.165, 1.54) is 0 Å². The van der Waals surface area contributed by atoms with Gasteiger partial charge in [-0.05, 0) is 6.92 Å². The zero-order valence-electron chi connectivity index (χ0n) is 9.83. The fourth-order valence-electron chi connectivity index (χ4n) is 1.92. The van der Waals surface area contributed by atoms with Crippen LogP contribution in [0.5, 0.6) is 0 Å². The fraction of sp³-hybridized carbons (Fsp3) is 0.636. The molecular formula is C11H17N3O2. The van der Waals surface area contributed by atoms with Gasteiger partial charge in [-0.25, -0.2) is 0 Å². The molecule has 88 valence electrons. The lowest BCUT2D eigenvalue weighted by Gasteiger charge is -2.24. The summed E-state index contributed by atoms with van der Waals surface area (Å²) in [4.78, 5) is 11.6. The normalized spacial score (nSPS) is 23.4. The second-order valence-electron chi connectivity index (χ2n) is 4.96. The molecule has 1 aromatic heterocycles. The Bertz CT molecular complexity index is 398. The van der Waals surface area contributed by atoms with Crippen molar-refractivity contribution < 1.29 is 9.32 Å². The minimum Gasteiger partial charge on any atom is -0.364 e. The van der Waals surface area contributed by atoms with Gasteiger partial charge in [0.15, 0.2) is 0 Å². The van der Waals surface area contributed by atoms with Crippen molar-refractivity contribution in [2.45, 2.75) is 33.4 Å². The lowest BCUT2D eigenvalue weighted by atomic mass is 9.87. The number of rotatable bonds is 3. The third-order valence-corrected chi connectivity index (χ3v) is 3.08. The van der Waals surface area contributed by atoms with Gasteiger partial charge in [0.1, 0.15) is 12.0 Å². The molecule has 1 fully saturated rings. The first kappa shape index (κ1) is 11.1. The van der Waals surface area contributed by atoms with Crippen molar-refractivity contribution in [3.05, 3.63) is 17.5 Å². The summed E-state index contributed by atoms with van der Waals surface area (Å²) in [6, 6.07) is -0.163. The van der Waals surface area contributed by atoms with E-state index in [2.05, 4.69) is 29.6 Å². The van der Waals surface area contributed by atoms with Gasteiger partial charge in [-0.3, -0.25) is 10.1 Å². The number of nitrogens with one attached hydrogen (secondary N) is 2. The summed E-state index contributed by atoms with van der Waals surface area (Å²) in [6.07, 6.45) is 1.61. The fourth-order valence-corrected chi connectivity index (χ4v) is 1.92. The highest BCUT2D eigenvalue weighted by Crippen LogP contribution is 2.25. The number of nitrogens with zero attached hydrogens (tertiary/aromatic N) is 1. The van der Waals surface area contributed by atoms with Crippen molar-refractivity contribution in [2.75, 3.05) is 6.54 Å². The van der Waals surface area contributed by atoms with Gasteiger partial charge in [-0.2, -0.15) is 0 Å². The first-order valence-corrected chi connectivity index (χ1v) is 5.41. The van der Waals surface area contributed by atoms with Gasteiger partial charge in [0, 0.05) is 24.1 Å². The Morgan fingerprint density at radius 2 is 2.44 bits per heavy atom. The molecule has 1 saturated heterocycles. The van der Waals surface area contributed by atoms with Crippen LogP contribution in [0.3, 0.4) is 0 Å². The number of hydrogen-bond donors (Lipinski definition) is 2. The minimum atomic E-state index is -0.163. The third-order valence-electron chi connectivity index (χ3n) is 3.08. The van der Waals surface area contributed by atoms with E-state index in [4.69, 9.17) is 4.52 Å². The van der Waals surface area contributed by atoms with E-state index >= 15 is 0 Å². The maximum absolute atomic E-state index is 11.6. The van der Waals surface area contributed by atoms with Crippen LogP contribution in [0.1, 0.15) is 25.1 Å². The summed E-state index contributed by atoms with van der Waals surface area (Å²) in [5, 5.41) is 9.97. The molecule has 0 saturated carbocycles. The van der Waals surface area contributed by atoms with E-state index in [9.17, 15) is 4.79 Å². The van der Waals surface area contributed by atoms with Gasteiger partial charge in [0.2, 0.25) is 5.91 Å². The monoisotopic (exact) mass is 223 g/mol. The van der Waals surface area contributed by atoms with Crippen molar-refractivity contribution in [1.82, 2.24) is 15.8 Å². The Morgan fingerprint density at radius 1 is 1.69 bits per heavy atom. The standard InChI is InChI=1S/C11H17N3O2/c1-7-5-16-14-8(7)4-12-9-10(15)13-6-11(9,2)3/h5,9,12H,4,6H2,1-3H3,(H,13,15). The van der Waals surface area contributed by atoms with Gasteiger partial charge in [-0.1, -0.05) is 19.0 Å². The molecule has 0 bridgehead atoms. The molecule has 0 spiro atoms. The second kappa shape index (κ2) is 3.90. The molecule has 1 amide bonds. The molecule has 1 aliphatic heterocycles. The Hall–Kier alpha value is -1.36. The average Bonchev–Trinajstić information content (AvgIpc) is 2.71. The molecule has 1 aromatic rings. The molecule has 1 aliphatic rings. The lowest BCUT2D eigenvalue weighted by Crippen LogP contribution is -2.43. The molecule has 2 N–H and O–H groups in total. The highest BCUT2D eigenvalue weighted by atomic mass is 16.5. The number of carbonyl (C=O) groups excluding carboxylic acids is 1. The molecule has 1 unspecified atom stereocenters. The van der Waals surface area contributed by atoms with Gasteiger partial charge in [0.25, 0.3) is 0 Å². The summed E-state index contributed by atoms with van der Waals surface area (Å²) in [6.45, 7) is 7.34. The zero-order valence-corrected chi connectivity index (χ0v) is 9.83. The van der Waals surface area contributed by atoms with Crippen molar-refractivity contribution in [2.24, 2.45) is 5.41 Å². The smallest absolute Gasteiger partial charge is 0.237 e. The van der Waals surface area contributed by atoms with E-state index < -0.39 is 0 Å². The average molecular weight is 223 g/mol. The summed E-state index contributed by atoms with van der Waals surface area (Å²) >= 11 is 0. The predicted molar refractivity (Wildman–Crippen MR) is 58.7 cm³/mol. The molecule has 5 nitrogen and oxygen atoms in total. The molecule has 2 heterocycles. The van der Waals surface area contributed by atoms with E-state index in [1.54, 1.807) is 6.26 Å². The Kier molecular flexibility index (Phi) is 2.71. The highest BCUT2D eigenvalue weighted by Gasteiger charge is 2.40. The van der Waals surface area contributed by atoms with Gasteiger partial charge < -0.3 is 9.84 Å². The van der Waals surface area contributed by atoms with Crippen LogP contribution in [0.25, 0.3) is 0 Å². The quantitative estimate of drug-likeness (QED) is 0.787. The van der Waals surface area contributed by atoms with E-state index in [0.29, 0.717) is 13.1 Å². The minimum absolute atomic E-state index is 0.0608. The molecule has 0 aromatic carbocycles. The van der Waals surface area contributed by atoms with Gasteiger partial charge >= 0.3 is 0 Å². The molecule has 1 atom stereocenters. The van der Waals surface area contributed by atoms with Crippen LogP contribution in [0.2, 0.25) is 0 Å². The van der Waals surface area contributed by atoms with Crippen molar-refractivity contribution in [3.63, 3.8) is 0 Å². The maximum Gasteiger partial charge on any atom is 0.237 e. The van der Waals surface area contributed by atoms with Crippen LogP contribution < -0.4 is 10.6 Å². The zero-order chi connectivity index (χ0) is 11.8. The molecule has 5 heteroatoms. The Morgan fingerprint density at radius 3 is 2.94 bits per heavy atom. The van der Waals surface area contributed by atoms with Crippen LogP contribution in [-0.2, 0) is 11.3 Å². The van der Waals surface area contributed by atoms with Crippen molar-refractivity contribution in [1.29, 1.82) is 0 Å². The summed E-state index contributed by atoms with van der Waals surface area (Å²) in [5.74, 6) is 0.0612. The van der Waals surface area contributed by atoms with Gasteiger partial charge in [0.05, 0.1) is 6.04 Å². The summed E-state index contributed by atoms with van der Waals surface area (Å²) in [5.41, 5.74) is 1.80. The van der Waals surface area contributed by atoms with Crippen molar-refractivity contribution in [3.8, 4) is 0 Å². The van der Waals surface area contributed by atoms with Crippen LogP contribution in [0.4, 0.5) is 0 Å². The summed E-state index contributed by atoms with van der Waals surface area (Å²) in [7, 11) is 0. The van der Waals surface area contributed by atoms with E-state index in [0.717, 1.165) is 11.3 Å². The second-order valence-corrected chi connectivity index (χ2v) is 4.96. The van der Waals surface area contributed by atoms with E-state index in [1.807, 2.05) is 6.92 Å². The molecule has 16 heavy (non-hydrogen) atoms. The van der Waals surface area contributed by atoms with Gasteiger partial charge in [-0.15, -0.1) is 0 Å².